The number of nitrogens with zero attached hydrogens (tertiary/aromatic N) is 2. The van der Waals surface area contributed by atoms with Crippen LogP contribution in [0.2, 0.25) is 0 Å². The van der Waals surface area contributed by atoms with E-state index in [2.05, 4.69) is 23.0 Å². The molecule has 0 spiro atoms. The van der Waals surface area contributed by atoms with Crippen molar-refractivity contribution in [2.75, 3.05) is 13.6 Å². The third-order valence-electron chi connectivity index (χ3n) is 4.42. The van der Waals surface area contributed by atoms with Crippen molar-refractivity contribution in [3.8, 4) is 0 Å². The highest BCUT2D eigenvalue weighted by molar-refractivity contribution is 5.28. The van der Waals surface area contributed by atoms with Gasteiger partial charge in [-0.1, -0.05) is 18.2 Å². The Morgan fingerprint density at radius 1 is 1.25 bits per heavy atom. The first kappa shape index (κ1) is 13.3. The Bertz CT molecular complexity index is 567. The average Bonchev–Trinajstić information content (AvgIpc) is 2.85. The molecule has 0 aliphatic carbocycles. The number of aromatic nitrogens is 1. The molecule has 20 heavy (non-hydrogen) atoms. The monoisotopic (exact) mass is 270 g/mol. The number of benzene rings is 1. The number of likely N-dealkylation sites (tertiary alicyclic amines) is 1. The molecule has 3 rings (SSSR count). The summed E-state index contributed by atoms with van der Waals surface area (Å²) in [6.07, 6.45) is 6.98. The summed E-state index contributed by atoms with van der Waals surface area (Å²) < 4.78 is 13.1. The Kier molecular flexibility index (Phi) is 3.53. The topological polar surface area (TPSA) is 16.1 Å². The van der Waals surface area contributed by atoms with Crippen molar-refractivity contribution in [1.82, 2.24) is 9.88 Å². The second-order valence-electron chi connectivity index (χ2n) is 5.60. The van der Waals surface area contributed by atoms with Crippen LogP contribution in [0.1, 0.15) is 24.0 Å². The molecule has 1 unspecified atom stereocenters. The molecule has 1 aromatic heterocycles. The highest BCUT2D eigenvalue weighted by Gasteiger charge is 2.40. The summed E-state index contributed by atoms with van der Waals surface area (Å²) in [6.45, 7) is 1.09. The van der Waals surface area contributed by atoms with Crippen LogP contribution in [0.3, 0.4) is 0 Å². The smallest absolute Gasteiger partial charge is 0.123 e. The van der Waals surface area contributed by atoms with Crippen LogP contribution in [0, 0.1) is 5.82 Å². The maximum atomic E-state index is 13.1. The fraction of sp³-hybridized carbons (Fsp3) is 0.353. The first-order valence-electron chi connectivity index (χ1n) is 7.07. The van der Waals surface area contributed by atoms with Crippen LogP contribution in [0.5, 0.6) is 0 Å². The van der Waals surface area contributed by atoms with Gasteiger partial charge in [0.2, 0.25) is 0 Å². The van der Waals surface area contributed by atoms with E-state index < -0.39 is 0 Å². The van der Waals surface area contributed by atoms with E-state index in [0.29, 0.717) is 0 Å². The van der Waals surface area contributed by atoms with Gasteiger partial charge in [0.05, 0.1) is 5.54 Å². The van der Waals surface area contributed by atoms with Gasteiger partial charge < -0.3 is 0 Å². The molecule has 0 bridgehead atoms. The first-order chi connectivity index (χ1) is 9.71. The van der Waals surface area contributed by atoms with Crippen LogP contribution in [-0.4, -0.2) is 23.5 Å². The standard InChI is InChI=1S/C17H19FN2/c1-20-11-3-9-17(20,15-4-2-10-19-13-15)12-14-5-7-16(18)8-6-14/h2,4-8,10,13H,3,9,11-12H2,1H3. The van der Waals surface area contributed by atoms with Gasteiger partial charge in [-0.25, -0.2) is 4.39 Å². The van der Waals surface area contributed by atoms with E-state index in [0.717, 1.165) is 19.4 Å². The van der Waals surface area contributed by atoms with Crippen LogP contribution in [-0.2, 0) is 12.0 Å². The minimum atomic E-state index is -0.177. The molecule has 0 saturated carbocycles. The molecule has 0 radical (unpaired) electrons. The maximum Gasteiger partial charge on any atom is 0.123 e. The molecule has 2 nitrogen and oxygen atoms in total. The van der Waals surface area contributed by atoms with Gasteiger partial charge in [0.25, 0.3) is 0 Å². The molecule has 2 aromatic rings. The molecule has 1 aliphatic heterocycles. The zero-order chi connectivity index (χ0) is 14.0. The van der Waals surface area contributed by atoms with Crippen molar-refractivity contribution >= 4 is 0 Å². The van der Waals surface area contributed by atoms with Gasteiger partial charge in [0.1, 0.15) is 5.82 Å². The molecule has 1 saturated heterocycles. The summed E-state index contributed by atoms with van der Waals surface area (Å²) in [5.41, 5.74) is 2.42. The number of halogens is 1. The summed E-state index contributed by atoms with van der Waals surface area (Å²) in [5, 5.41) is 0. The fourth-order valence-electron chi connectivity index (χ4n) is 3.28. The lowest BCUT2D eigenvalue weighted by atomic mass is 9.82. The van der Waals surface area contributed by atoms with E-state index in [1.54, 1.807) is 12.1 Å². The van der Waals surface area contributed by atoms with Gasteiger partial charge in [0.15, 0.2) is 0 Å². The first-order valence-corrected chi connectivity index (χ1v) is 7.07. The van der Waals surface area contributed by atoms with Crippen LogP contribution < -0.4 is 0 Å². The number of rotatable bonds is 3. The van der Waals surface area contributed by atoms with E-state index in [4.69, 9.17) is 0 Å². The Hall–Kier alpha value is -1.74. The molecule has 3 heteroatoms. The van der Waals surface area contributed by atoms with Crippen molar-refractivity contribution < 1.29 is 4.39 Å². The predicted molar refractivity (Wildman–Crippen MR) is 77.9 cm³/mol. The summed E-state index contributed by atoms with van der Waals surface area (Å²) in [4.78, 5) is 6.69. The summed E-state index contributed by atoms with van der Waals surface area (Å²) in [6, 6.07) is 11.0. The largest absolute Gasteiger partial charge is 0.296 e. The second kappa shape index (κ2) is 5.33. The van der Waals surface area contributed by atoms with Crippen molar-refractivity contribution in [3.05, 3.63) is 65.7 Å². The van der Waals surface area contributed by atoms with Gasteiger partial charge in [-0.2, -0.15) is 0 Å². The van der Waals surface area contributed by atoms with Crippen LogP contribution >= 0.6 is 0 Å². The van der Waals surface area contributed by atoms with E-state index in [-0.39, 0.29) is 11.4 Å². The number of likely N-dealkylation sites (N-methyl/N-ethyl adjacent to an activating group) is 1. The van der Waals surface area contributed by atoms with Gasteiger partial charge >= 0.3 is 0 Å². The zero-order valence-corrected chi connectivity index (χ0v) is 11.7. The number of pyridine rings is 1. The Labute approximate surface area is 119 Å². The molecule has 1 atom stereocenters. The summed E-state index contributed by atoms with van der Waals surface area (Å²) in [5.74, 6) is -0.177. The quantitative estimate of drug-likeness (QED) is 0.850. The van der Waals surface area contributed by atoms with Crippen LogP contribution in [0.15, 0.2) is 48.8 Å². The van der Waals surface area contributed by atoms with Crippen molar-refractivity contribution in [2.45, 2.75) is 24.8 Å². The summed E-state index contributed by atoms with van der Waals surface area (Å²) in [7, 11) is 2.17. The minimum absolute atomic E-state index is 0.00785. The average molecular weight is 270 g/mol. The molecule has 1 aromatic carbocycles. The molecule has 104 valence electrons. The lowest BCUT2D eigenvalue weighted by Crippen LogP contribution is -2.40. The molecule has 1 aliphatic rings. The van der Waals surface area contributed by atoms with Gasteiger partial charge in [-0.05, 0) is 62.2 Å². The molecule has 0 N–H and O–H groups in total. The highest BCUT2D eigenvalue weighted by atomic mass is 19.1. The van der Waals surface area contributed by atoms with Gasteiger partial charge in [-0.3, -0.25) is 9.88 Å². The third-order valence-corrected chi connectivity index (χ3v) is 4.42. The fourth-order valence-corrected chi connectivity index (χ4v) is 3.28. The highest BCUT2D eigenvalue weighted by Crippen LogP contribution is 2.40. The molecule has 0 amide bonds. The van der Waals surface area contributed by atoms with Crippen molar-refractivity contribution in [3.63, 3.8) is 0 Å². The predicted octanol–water partition coefficient (Wildman–Crippen LogP) is 3.38. The van der Waals surface area contributed by atoms with Gasteiger partial charge in [0, 0.05) is 12.4 Å². The lowest BCUT2D eigenvalue weighted by Gasteiger charge is -2.37. The van der Waals surface area contributed by atoms with Crippen molar-refractivity contribution in [2.24, 2.45) is 0 Å². The van der Waals surface area contributed by atoms with Crippen LogP contribution in [0.25, 0.3) is 0 Å². The number of hydrogen-bond donors (Lipinski definition) is 0. The summed E-state index contributed by atoms with van der Waals surface area (Å²) >= 11 is 0. The molecule has 1 fully saturated rings. The minimum Gasteiger partial charge on any atom is -0.296 e. The molecular weight excluding hydrogens is 251 g/mol. The molecular formula is C17H19FN2. The normalized spacial score (nSPS) is 23.1. The maximum absolute atomic E-state index is 13.1. The van der Waals surface area contributed by atoms with E-state index in [1.165, 1.54) is 17.5 Å². The number of hydrogen-bond acceptors (Lipinski definition) is 2. The second-order valence-corrected chi connectivity index (χ2v) is 5.60. The Balaban J connectivity index is 1.97. The van der Waals surface area contributed by atoms with E-state index >= 15 is 0 Å². The van der Waals surface area contributed by atoms with E-state index in [9.17, 15) is 4.39 Å². The lowest BCUT2D eigenvalue weighted by molar-refractivity contribution is 0.172. The zero-order valence-electron chi connectivity index (χ0n) is 11.7. The Morgan fingerprint density at radius 3 is 2.65 bits per heavy atom. The third kappa shape index (κ3) is 2.34. The van der Waals surface area contributed by atoms with Gasteiger partial charge in [-0.15, -0.1) is 0 Å². The Morgan fingerprint density at radius 2 is 2.05 bits per heavy atom. The van der Waals surface area contributed by atoms with Crippen molar-refractivity contribution in [1.29, 1.82) is 0 Å². The van der Waals surface area contributed by atoms with Crippen LogP contribution in [0.4, 0.5) is 4.39 Å². The molecule has 2 heterocycles. The van der Waals surface area contributed by atoms with E-state index in [1.807, 2.05) is 30.6 Å². The SMILES string of the molecule is CN1CCCC1(Cc1ccc(F)cc1)c1cccnc1.